The molecule has 4 heteroatoms. The standard InChI is InChI=1S/C18H17Cl2NO/c19-16-7-5-14(17(20)11-16)6-8-18(22)21-10-9-13-3-1-2-4-15(13)12-21/h1-5,7,11H,6,8-10,12H2. The van der Waals surface area contributed by atoms with Gasteiger partial charge in [-0.1, -0.05) is 53.5 Å². The first-order valence-electron chi connectivity index (χ1n) is 7.42. The van der Waals surface area contributed by atoms with Gasteiger partial charge in [0.2, 0.25) is 5.91 Å². The molecule has 0 fully saturated rings. The van der Waals surface area contributed by atoms with Gasteiger partial charge in [0.1, 0.15) is 0 Å². The van der Waals surface area contributed by atoms with Crippen LogP contribution in [0.25, 0.3) is 0 Å². The molecule has 2 nitrogen and oxygen atoms in total. The Bertz CT molecular complexity index is 699. The van der Waals surface area contributed by atoms with Crippen LogP contribution in [0.1, 0.15) is 23.1 Å². The summed E-state index contributed by atoms with van der Waals surface area (Å²) in [5.74, 6) is 0.181. The van der Waals surface area contributed by atoms with Gasteiger partial charge in [0.25, 0.3) is 0 Å². The number of hydrogen-bond acceptors (Lipinski definition) is 1. The topological polar surface area (TPSA) is 20.3 Å². The van der Waals surface area contributed by atoms with Gasteiger partial charge in [-0.05, 0) is 41.7 Å². The number of carbonyl (C=O) groups is 1. The summed E-state index contributed by atoms with van der Waals surface area (Å²) in [6.07, 6.45) is 2.06. The number of benzene rings is 2. The van der Waals surface area contributed by atoms with Gasteiger partial charge in [-0.3, -0.25) is 4.79 Å². The fraction of sp³-hybridized carbons (Fsp3) is 0.278. The SMILES string of the molecule is O=C(CCc1ccc(Cl)cc1Cl)N1CCc2ccccc2C1. The molecule has 0 N–H and O–H groups in total. The highest BCUT2D eigenvalue weighted by Gasteiger charge is 2.20. The number of aryl methyl sites for hydroxylation is 1. The molecule has 3 rings (SSSR count). The lowest BCUT2D eigenvalue weighted by molar-refractivity contribution is -0.132. The lowest BCUT2D eigenvalue weighted by Gasteiger charge is -2.29. The molecule has 2 aromatic rings. The number of nitrogens with zero attached hydrogens (tertiary/aromatic N) is 1. The van der Waals surface area contributed by atoms with E-state index in [0.29, 0.717) is 29.4 Å². The van der Waals surface area contributed by atoms with Gasteiger partial charge in [0, 0.05) is 29.6 Å². The van der Waals surface area contributed by atoms with Crippen LogP contribution in [0, 0.1) is 0 Å². The van der Waals surface area contributed by atoms with E-state index >= 15 is 0 Å². The van der Waals surface area contributed by atoms with Crippen molar-refractivity contribution in [3.8, 4) is 0 Å². The fourth-order valence-electron chi connectivity index (χ4n) is 2.83. The molecule has 0 unspecified atom stereocenters. The second kappa shape index (κ2) is 6.72. The molecule has 1 aliphatic rings. The quantitative estimate of drug-likeness (QED) is 0.809. The van der Waals surface area contributed by atoms with E-state index in [1.807, 2.05) is 23.1 Å². The normalized spacial score (nSPS) is 13.8. The second-order valence-electron chi connectivity index (χ2n) is 5.57. The predicted octanol–water partition coefficient (Wildman–Crippen LogP) is 4.51. The van der Waals surface area contributed by atoms with Gasteiger partial charge in [-0.15, -0.1) is 0 Å². The van der Waals surface area contributed by atoms with Crippen LogP contribution < -0.4 is 0 Å². The summed E-state index contributed by atoms with van der Waals surface area (Å²) in [5, 5.41) is 1.25. The number of halogens is 2. The molecule has 1 aliphatic heterocycles. The van der Waals surface area contributed by atoms with E-state index in [9.17, 15) is 4.79 Å². The van der Waals surface area contributed by atoms with Crippen molar-refractivity contribution in [1.29, 1.82) is 0 Å². The van der Waals surface area contributed by atoms with E-state index in [-0.39, 0.29) is 5.91 Å². The predicted molar refractivity (Wildman–Crippen MR) is 90.3 cm³/mol. The zero-order valence-electron chi connectivity index (χ0n) is 12.2. The Balaban J connectivity index is 1.61. The molecule has 114 valence electrons. The number of hydrogen-bond donors (Lipinski definition) is 0. The molecule has 0 aliphatic carbocycles. The average Bonchev–Trinajstić information content (AvgIpc) is 2.53. The smallest absolute Gasteiger partial charge is 0.223 e. The van der Waals surface area contributed by atoms with E-state index in [4.69, 9.17) is 23.2 Å². The molecular weight excluding hydrogens is 317 g/mol. The second-order valence-corrected chi connectivity index (χ2v) is 6.41. The van der Waals surface area contributed by atoms with E-state index < -0.39 is 0 Å². The molecule has 0 aromatic heterocycles. The summed E-state index contributed by atoms with van der Waals surface area (Å²) >= 11 is 12.0. The Hall–Kier alpha value is -1.51. The molecule has 0 spiro atoms. The third-order valence-electron chi connectivity index (χ3n) is 4.11. The van der Waals surface area contributed by atoms with Gasteiger partial charge in [-0.25, -0.2) is 0 Å². The Labute approximate surface area is 140 Å². The summed E-state index contributed by atoms with van der Waals surface area (Å²) in [4.78, 5) is 14.4. The summed E-state index contributed by atoms with van der Waals surface area (Å²) in [5.41, 5.74) is 3.58. The maximum atomic E-state index is 12.4. The highest BCUT2D eigenvalue weighted by molar-refractivity contribution is 6.35. The Kier molecular flexibility index (Phi) is 4.70. The largest absolute Gasteiger partial charge is 0.338 e. The summed E-state index contributed by atoms with van der Waals surface area (Å²) in [6.45, 7) is 1.51. The van der Waals surface area contributed by atoms with Gasteiger partial charge < -0.3 is 4.90 Å². The lowest BCUT2D eigenvalue weighted by Crippen LogP contribution is -2.36. The average molecular weight is 334 g/mol. The lowest BCUT2D eigenvalue weighted by atomic mass is 9.99. The van der Waals surface area contributed by atoms with Crippen molar-refractivity contribution in [2.24, 2.45) is 0 Å². The minimum Gasteiger partial charge on any atom is -0.338 e. The third-order valence-corrected chi connectivity index (χ3v) is 4.69. The number of rotatable bonds is 3. The molecule has 1 amide bonds. The minimum absolute atomic E-state index is 0.181. The van der Waals surface area contributed by atoms with Crippen LogP contribution in [-0.2, 0) is 24.2 Å². The van der Waals surface area contributed by atoms with Crippen molar-refractivity contribution in [3.63, 3.8) is 0 Å². The van der Waals surface area contributed by atoms with Crippen LogP contribution in [0.2, 0.25) is 10.0 Å². The van der Waals surface area contributed by atoms with E-state index in [1.165, 1.54) is 11.1 Å². The molecule has 0 bridgehead atoms. The molecule has 0 saturated heterocycles. The van der Waals surface area contributed by atoms with Crippen molar-refractivity contribution in [2.45, 2.75) is 25.8 Å². The zero-order valence-corrected chi connectivity index (χ0v) is 13.7. The highest BCUT2D eigenvalue weighted by Crippen LogP contribution is 2.23. The molecule has 0 radical (unpaired) electrons. The van der Waals surface area contributed by atoms with E-state index in [1.54, 1.807) is 6.07 Å². The molecule has 2 aromatic carbocycles. The maximum Gasteiger partial charge on any atom is 0.223 e. The number of amides is 1. The summed E-state index contributed by atoms with van der Waals surface area (Å²) in [7, 11) is 0. The maximum absolute atomic E-state index is 12.4. The van der Waals surface area contributed by atoms with Crippen LogP contribution in [0.15, 0.2) is 42.5 Å². The van der Waals surface area contributed by atoms with Gasteiger partial charge in [-0.2, -0.15) is 0 Å². The first kappa shape index (κ1) is 15.4. The van der Waals surface area contributed by atoms with Crippen LogP contribution in [0.3, 0.4) is 0 Å². The zero-order chi connectivity index (χ0) is 15.5. The Morgan fingerprint density at radius 2 is 1.86 bits per heavy atom. The van der Waals surface area contributed by atoms with Crippen LogP contribution in [0.5, 0.6) is 0 Å². The molecule has 22 heavy (non-hydrogen) atoms. The number of carbonyl (C=O) groups excluding carboxylic acids is 1. The number of fused-ring (bicyclic) bond motifs is 1. The summed E-state index contributed by atoms with van der Waals surface area (Å²) < 4.78 is 0. The highest BCUT2D eigenvalue weighted by atomic mass is 35.5. The molecular formula is C18H17Cl2NO. The van der Waals surface area contributed by atoms with Crippen molar-refractivity contribution in [1.82, 2.24) is 4.90 Å². The van der Waals surface area contributed by atoms with Crippen molar-refractivity contribution in [3.05, 3.63) is 69.2 Å². The van der Waals surface area contributed by atoms with Gasteiger partial charge >= 0.3 is 0 Å². The summed E-state index contributed by atoms with van der Waals surface area (Å²) in [6, 6.07) is 13.8. The Morgan fingerprint density at radius 3 is 2.64 bits per heavy atom. The monoisotopic (exact) mass is 333 g/mol. The van der Waals surface area contributed by atoms with Gasteiger partial charge in [0.15, 0.2) is 0 Å². The van der Waals surface area contributed by atoms with E-state index in [0.717, 1.165) is 18.5 Å². The third kappa shape index (κ3) is 3.45. The van der Waals surface area contributed by atoms with Crippen LogP contribution in [0.4, 0.5) is 0 Å². The van der Waals surface area contributed by atoms with Crippen LogP contribution in [-0.4, -0.2) is 17.4 Å². The van der Waals surface area contributed by atoms with Crippen molar-refractivity contribution < 1.29 is 4.79 Å². The Morgan fingerprint density at radius 1 is 1.09 bits per heavy atom. The van der Waals surface area contributed by atoms with E-state index in [2.05, 4.69) is 18.2 Å². The molecule has 0 saturated carbocycles. The first-order valence-corrected chi connectivity index (χ1v) is 8.17. The van der Waals surface area contributed by atoms with Crippen molar-refractivity contribution >= 4 is 29.1 Å². The molecule has 1 heterocycles. The minimum atomic E-state index is 0.181. The van der Waals surface area contributed by atoms with Gasteiger partial charge in [0.05, 0.1) is 0 Å². The van der Waals surface area contributed by atoms with Crippen LogP contribution >= 0.6 is 23.2 Å². The fourth-order valence-corrected chi connectivity index (χ4v) is 3.34. The molecule has 0 atom stereocenters. The van der Waals surface area contributed by atoms with Crippen molar-refractivity contribution in [2.75, 3.05) is 6.54 Å². The first-order chi connectivity index (χ1) is 10.6.